The number of nitrogens with one attached hydrogen (secondary N) is 1. The summed E-state index contributed by atoms with van der Waals surface area (Å²) < 4.78 is 5.39. The summed E-state index contributed by atoms with van der Waals surface area (Å²) in [4.78, 5) is 8.20. The van der Waals surface area contributed by atoms with Crippen LogP contribution in [0.2, 0.25) is 0 Å². The molecule has 5 nitrogen and oxygen atoms in total. The molecule has 1 heterocycles. The predicted octanol–water partition coefficient (Wildman–Crippen LogP) is 0.634. The van der Waals surface area contributed by atoms with Crippen molar-refractivity contribution in [2.45, 2.75) is 20.0 Å². The summed E-state index contributed by atoms with van der Waals surface area (Å²) in [7, 11) is 0. The summed E-state index contributed by atoms with van der Waals surface area (Å²) in [6, 6.07) is 0. The molecule has 0 saturated heterocycles. The number of rotatable bonds is 5. The molecule has 0 aromatic carbocycles. The first-order chi connectivity index (χ1) is 6.72. The van der Waals surface area contributed by atoms with Gasteiger partial charge in [-0.1, -0.05) is 0 Å². The number of nitrogens with two attached hydrogens (primary N) is 1. The first-order valence-corrected chi connectivity index (χ1v) is 4.65. The summed E-state index contributed by atoms with van der Waals surface area (Å²) >= 11 is 0. The van der Waals surface area contributed by atoms with Gasteiger partial charge in [-0.05, 0) is 13.8 Å². The van der Waals surface area contributed by atoms with Crippen LogP contribution in [0.4, 0.5) is 5.82 Å². The van der Waals surface area contributed by atoms with Crippen molar-refractivity contribution in [1.82, 2.24) is 9.97 Å². The van der Waals surface area contributed by atoms with Crippen LogP contribution >= 0.6 is 0 Å². The molecule has 0 radical (unpaired) electrons. The molecule has 0 bridgehead atoms. The molecule has 0 aliphatic carbocycles. The van der Waals surface area contributed by atoms with Gasteiger partial charge in [-0.3, -0.25) is 4.98 Å². The molecule has 5 heteroatoms. The molecular weight excluding hydrogens is 180 g/mol. The standard InChI is InChI=1S/C9H16N4O/c1-7(2)14-9-6-11-5-8(13-9)12-4-3-10/h5-7H,3-4,10H2,1-2H3,(H,12,13). The van der Waals surface area contributed by atoms with Crippen LogP contribution in [0.15, 0.2) is 12.4 Å². The van der Waals surface area contributed by atoms with Crippen LogP contribution in [0.3, 0.4) is 0 Å². The Bertz CT molecular complexity index is 277. The highest BCUT2D eigenvalue weighted by atomic mass is 16.5. The van der Waals surface area contributed by atoms with Gasteiger partial charge in [0.15, 0.2) is 0 Å². The number of ether oxygens (including phenoxy) is 1. The second kappa shape index (κ2) is 5.39. The molecule has 0 aliphatic rings. The Morgan fingerprint density at radius 1 is 1.50 bits per heavy atom. The van der Waals surface area contributed by atoms with Crippen LogP contribution in [0.25, 0.3) is 0 Å². The van der Waals surface area contributed by atoms with E-state index in [1.54, 1.807) is 12.4 Å². The van der Waals surface area contributed by atoms with E-state index >= 15 is 0 Å². The first kappa shape index (κ1) is 10.7. The van der Waals surface area contributed by atoms with Crippen molar-refractivity contribution >= 4 is 5.82 Å². The van der Waals surface area contributed by atoms with Gasteiger partial charge in [0.2, 0.25) is 5.88 Å². The average Bonchev–Trinajstić information content (AvgIpc) is 2.14. The summed E-state index contributed by atoms with van der Waals surface area (Å²) in [6.07, 6.45) is 3.34. The molecule has 0 fully saturated rings. The van der Waals surface area contributed by atoms with Crippen LogP contribution in [0, 0.1) is 0 Å². The summed E-state index contributed by atoms with van der Waals surface area (Å²) in [6.45, 7) is 5.14. The van der Waals surface area contributed by atoms with Crippen molar-refractivity contribution < 1.29 is 4.74 Å². The lowest BCUT2D eigenvalue weighted by molar-refractivity contribution is 0.232. The molecule has 0 saturated carbocycles. The Kier molecular flexibility index (Phi) is 4.12. The molecule has 3 N–H and O–H groups in total. The van der Waals surface area contributed by atoms with Crippen molar-refractivity contribution in [3.63, 3.8) is 0 Å². The summed E-state index contributed by atoms with van der Waals surface area (Å²) in [5.74, 6) is 1.22. The lowest BCUT2D eigenvalue weighted by Gasteiger charge is -2.09. The monoisotopic (exact) mass is 196 g/mol. The Hall–Kier alpha value is -1.36. The highest BCUT2D eigenvalue weighted by Crippen LogP contribution is 2.09. The highest BCUT2D eigenvalue weighted by Gasteiger charge is 2.00. The molecule has 0 spiro atoms. The van der Waals surface area contributed by atoms with Crippen molar-refractivity contribution in [3.8, 4) is 5.88 Å². The number of aromatic nitrogens is 2. The molecule has 0 amide bonds. The van der Waals surface area contributed by atoms with Crippen LogP contribution in [0.5, 0.6) is 5.88 Å². The van der Waals surface area contributed by atoms with Crippen LogP contribution in [-0.4, -0.2) is 29.2 Å². The topological polar surface area (TPSA) is 73.1 Å². The lowest BCUT2D eigenvalue weighted by atomic mass is 10.5. The molecule has 0 aliphatic heterocycles. The zero-order chi connectivity index (χ0) is 10.4. The Labute approximate surface area is 83.7 Å². The number of hydrogen-bond donors (Lipinski definition) is 2. The van der Waals surface area contributed by atoms with Gasteiger partial charge in [0.1, 0.15) is 5.82 Å². The third kappa shape index (κ3) is 3.57. The maximum atomic E-state index is 5.39. The van der Waals surface area contributed by atoms with Crippen LogP contribution < -0.4 is 15.8 Å². The zero-order valence-corrected chi connectivity index (χ0v) is 8.53. The maximum Gasteiger partial charge on any atom is 0.234 e. The predicted molar refractivity (Wildman–Crippen MR) is 55.3 cm³/mol. The lowest BCUT2D eigenvalue weighted by Crippen LogP contribution is -2.14. The second-order valence-electron chi connectivity index (χ2n) is 3.12. The zero-order valence-electron chi connectivity index (χ0n) is 8.53. The van der Waals surface area contributed by atoms with E-state index in [0.29, 0.717) is 24.8 Å². The van der Waals surface area contributed by atoms with Gasteiger partial charge < -0.3 is 15.8 Å². The van der Waals surface area contributed by atoms with Gasteiger partial charge in [-0.25, -0.2) is 0 Å². The highest BCUT2D eigenvalue weighted by molar-refractivity contribution is 5.33. The smallest absolute Gasteiger partial charge is 0.234 e. The van der Waals surface area contributed by atoms with E-state index in [9.17, 15) is 0 Å². The minimum Gasteiger partial charge on any atom is -0.474 e. The van der Waals surface area contributed by atoms with Gasteiger partial charge in [0, 0.05) is 13.1 Å². The number of anilines is 1. The van der Waals surface area contributed by atoms with E-state index in [4.69, 9.17) is 10.5 Å². The third-order valence-electron chi connectivity index (χ3n) is 1.42. The van der Waals surface area contributed by atoms with Crippen LogP contribution in [-0.2, 0) is 0 Å². The van der Waals surface area contributed by atoms with Crippen molar-refractivity contribution in [1.29, 1.82) is 0 Å². The van der Waals surface area contributed by atoms with E-state index in [1.807, 2.05) is 13.8 Å². The van der Waals surface area contributed by atoms with Gasteiger partial charge in [0.25, 0.3) is 0 Å². The minimum atomic E-state index is 0.106. The molecule has 1 aromatic rings. The molecule has 1 rings (SSSR count). The largest absolute Gasteiger partial charge is 0.474 e. The fraction of sp³-hybridized carbons (Fsp3) is 0.556. The SMILES string of the molecule is CC(C)Oc1cncc(NCCN)n1. The normalized spacial score (nSPS) is 10.3. The quantitative estimate of drug-likeness (QED) is 0.722. The molecule has 0 unspecified atom stereocenters. The Balaban J connectivity index is 2.59. The summed E-state index contributed by atoms with van der Waals surface area (Å²) in [5, 5.41) is 3.03. The fourth-order valence-electron chi connectivity index (χ4n) is 0.932. The van der Waals surface area contributed by atoms with Gasteiger partial charge in [-0.2, -0.15) is 4.98 Å². The second-order valence-corrected chi connectivity index (χ2v) is 3.12. The molecule has 14 heavy (non-hydrogen) atoms. The van der Waals surface area contributed by atoms with Gasteiger partial charge in [-0.15, -0.1) is 0 Å². The van der Waals surface area contributed by atoms with E-state index in [1.165, 1.54) is 0 Å². The maximum absolute atomic E-state index is 5.39. The Morgan fingerprint density at radius 3 is 2.93 bits per heavy atom. The van der Waals surface area contributed by atoms with Gasteiger partial charge in [0.05, 0.1) is 18.5 Å². The average molecular weight is 196 g/mol. The van der Waals surface area contributed by atoms with Gasteiger partial charge >= 0.3 is 0 Å². The first-order valence-electron chi connectivity index (χ1n) is 4.65. The van der Waals surface area contributed by atoms with Crippen molar-refractivity contribution in [3.05, 3.63) is 12.4 Å². The van der Waals surface area contributed by atoms with E-state index in [0.717, 1.165) is 0 Å². The molecular formula is C9H16N4O. The minimum absolute atomic E-state index is 0.106. The number of nitrogens with zero attached hydrogens (tertiary/aromatic N) is 2. The van der Waals surface area contributed by atoms with E-state index < -0.39 is 0 Å². The van der Waals surface area contributed by atoms with E-state index in [2.05, 4.69) is 15.3 Å². The molecule has 78 valence electrons. The van der Waals surface area contributed by atoms with Crippen molar-refractivity contribution in [2.24, 2.45) is 5.73 Å². The molecule has 0 atom stereocenters. The number of hydrogen-bond acceptors (Lipinski definition) is 5. The van der Waals surface area contributed by atoms with E-state index in [-0.39, 0.29) is 6.10 Å². The molecule has 1 aromatic heterocycles. The van der Waals surface area contributed by atoms with Crippen LogP contribution in [0.1, 0.15) is 13.8 Å². The van der Waals surface area contributed by atoms with Crippen molar-refractivity contribution in [2.75, 3.05) is 18.4 Å². The summed E-state index contributed by atoms with van der Waals surface area (Å²) in [5.41, 5.74) is 5.35. The Morgan fingerprint density at radius 2 is 2.29 bits per heavy atom. The fourth-order valence-corrected chi connectivity index (χ4v) is 0.932. The third-order valence-corrected chi connectivity index (χ3v) is 1.42.